The van der Waals surface area contributed by atoms with Gasteiger partial charge < -0.3 is 5.32 Å². The summed E-state index contributed by atoms with van der Waals surface area (Å²) >= 11 is 0. The van der Waals surface area contributed by atoms with Gasteiger partial charge in [0.15, 0.2) is 0 Å². The van der Waals surface area contributed by atoms with E-state index in [0.29, 0.717) is 11.3 Å². The third-order valence-corrected chi connectivity index (χ3v) is 2.82. The molecule has 0 unspecified atom stereocenters. The van der Waals surface area contributed by atoms with Crippen LogP contribution in [0.4, 0.5) is 15.8 Å². The Kier molecular flexibility index (Phi) is 4.27. The number of rotatable bonds is 5. The molecule has 0 amide bonds. The zero-order valence-electron chi connectivity index (χ0n) is 11.2. The van der Waals surface area contributed by atoms with Gasteiger partial charge in [-0.1, -0.05) is 13.3 Å². The van der Waals surface area contributed by atoms with Crippen molar-refractivity contribution in [3.8, 4) is 0 Å². The summed E-state index contributed by atoms with van der Waals surface area (Å²) < 4.78 is 13.4. The smallest absolute Gasteiger partial charge is 0.295 e. The minimum absolute atomic E-state index is 0.220. The largest absolute Gasteiger partial charge is 0.375 e. The number of nitro groups is 1. The average molecular weight is 254 g/mol. The van der Waals surface area contributed by atoms with E-state index in [1.807, 2.05) is 20.8 Å². The molecule has 0 fully saturated rings. The monoisotopic (exact) mass is 254 g/mol. The fourth-order valence-electron chi connectivity index (χ4n) is 1.97. The summed E-state index contributed by atoms with van der Waals surface area (Å²) in [6.07, 6.45) is 1.84. The first-order chi connectivity index (χ1) is 8.26. The molecular weight excluding hydrogens is 235 g/mol. The lowest BCUT2D eigenvalue weighted by Gasteiger charge is -2.27. The van der Waals surface area contributed by atoms with Crippen LogP contribution in [0.25, 0.3) is 0 Å². The Hall–Kier alpha value is -1.65. The van der Waals surface area contributed by atoms with Crippen LogP contribution in [0, 0.1) is 22.9 Å². The lowest BCUT2D eigenvalue weighted by atomic mass is 9.98. The SMILES string of the molecule is CCCC(C)(C)Nc1cc(C)c(F)cc1[N+](=O)[O-]. The van der Waals surface area contributed by atoms with Gasteiger partial charge in [-0.25, -0.2) is 4.39 Å². The summed E-state index contributed by atoms with van der Waals surface area (Å²) in [4.78, 5) is 10.4. The minimum atomic E-state index is -0.563. The molecule has 0 bridgehead atoms. The second kappa shape index (κ2) is 5.33. The Bertz CT molecular complexity index is 459. The zero-order valence-corrected chi connectivity index (χ0v) is 11.2. The highest BCUT2D eigenvalue weighted by molar-refractivity contribution is 5.64. The number of hydrogen-bond donors (Lipinski definition) is 1. The number of aryl methyl sites for hydroxylation is 1. The van der Waals surface area contributed by atoms with Gasteiger partial charge in [0, 0.05) is 5.54 Å². The Morgan fingerprint density at radius 2 is 2.06 bits per heavy atom. The second-order valence-electron chi connectivity index (χ2n) is 5.13. The van der Waals surface area contributed by atoms with Crippen LogP contribution in [-0.2, 0) is 0 Å². The number of anilines is 1. The Balaban J connectivity index is 3.15. The Morgan fingerprint density at radius 3 is 2.56 bits per heavy atom. The van der Waals surface area contributed by atoms with Crippen LogP contribution in [0.15, 0.2) is 12.1 Å². The lowest BCUT2D eigenvalue weighted by Crippen LogP contribution is -2.30. The molecule has 4 nitrogen and oxygen atoms in total. The van der Waals surface area contributed by atoms with E-state index in [1.54, 1.807) is 6.92 Å². The molecule has 0 aliphatic rings. The maximum Gasteiger partial charge on any atom is 0.295 e. The molecule has 1 aromatic carbocycles. The van der Waals surface area contributed by atoms with Crippen molar-refractivity contribution in [1.29, 1.82) is 0 Å². The van der Waals surface area contributed by atoms with Crippen molar-refractivity contribution in [2.45, 2.75) is 46.1 Å². The first kappa shape index (κ1) is 14.4. The third-order valence-electron chi connectivity index (χ3n) is 2.82. The topological polar surface area (TPSA) is 55.2 Å². The maximum atomic E-state index is 13.4. The fraction of sp³-hybridized carbons (Fsp3) is 0.538. The van der Waals surface area contributed by atoms with Crippen molar-refractivity contribution in [2.75, 3.05) is 5.32 Å². The highest BCUT2D eigenvalue weighted by atomic mass is 19.1. The predicted molar refractivity (Wildman–Crippen MR) is 70.4 cm³/mol. The van der Waals surface area contributed by atoms with E-state index < -0.39 is 10.7 Å². The van der Waals surface area contributed by atoms with Crippen LogP contribution < -0.4 is 5.32 Å². The molecule has 0 aliphatic carbocycles. The minimum Gasteiger partial charge on any atom is -0.375 e. The van der Waals surface area contributed by atoms with E-state index in [2.05, 4.69) is 5.32 Å². The van der Waals surface area contributed by atoms with Gasteiger partial charge in [-0.15, -0.1) is 0 Å². The van der Waals surface area contributed by atoms with E-state index in [-0.39, 0.29) is 11.2 Å². The molecule has 18 heavy (non-hydrogen) atoms. The predicted octanol–water partition coefficient (Wildman–Crippen LogP) is 4.03. The van der Waals surface area contributed by atoms with Gasteiger partial charge in [0.05, 0.1) is 11.0 Å². The van der Waals surface area contributed by atoms with Crippen molar-refractivity contribution in [1.82, 2.24) is 0 Å². The molecule has 1 N–H and O–H groups in total. The lowest BCUT2D eigenvalue weighted by molar-refractivity contribution is -0.384. The van der Waals surface area contributed by atoms with Crippen molar-refractivity contribution < 1.29 is 9.31 Å². The van der Waals surface area contributed by atoms with E-state index in [9.17, 15) is 14.5 Å². The van der Waals surface area contributed by atoms with Crippen LogP contribution in [-0.4, -0.2) is 10.5 Å². The summed E-state index contributed by atoms with van der Waals surface area (Å²) in [5.74, 6) is -0.555. The first-order valence-electron chi connectivity index (χ1n) is 5.99. The molecule has 0 atom stereocenters. The molecule has 0 saturated heterocycles. The number of nitrogens with one attached hydrogen (secondary N) is 1. The second-order valence-corrected chi connectivity index (χ2v) is 5.13. The van der Waals surface area contributed by atoms with E-state index >= 15 is 0 Å². The van der Waals surface area contributed by atoms with Crippen LogP contribution in [0.2, 0.25) is 0 Å². The van der Waals surface area contributed by atoms with Crippen molar-refractivity contribution >= 4 is 11.4 Å². The standard InChI is InChI=1S/C13H19FN2O2/c1-5-6-13(3,4)15-11-7-9(2)10(14)8-12(11)16(17)18/h7-8,15H,5-6H2,1-4H3. The highest BCUT2D eigenvalue weighted by Gasteiger charge is 2.23. The number of hydrogen-bond acceptors (Lipinski definition) is 3. The van der Waals surface area contributed by atoms with Crippen LogP contribution in [0.1, 0.15) is 39.2 Å². The van der Waals surface area contributed by atoms with Gasteiger partial charge in [0.25, 0.3) is 5.69 Å². The average Bonchev–Trinajstić information content (AvgIpc) is 2.22. The molecule has 1 aromatic rings. The van der Waals surface area contributed by atoms with Gasteiger partial charge >= 0.3 is 0 Å². The fourth-order valence-corrected chi connectivity index (χ4v) is 1.97. The molecule has 0 radical (unpaired) electrons. The highest BCUT2D eigenvalue weighted by Crippen LogP contribution is 2.30. The normalized spacial score (nSPS) is 11.4. The molecule has 0 aliphatic heterocycles. The first-order valence-corrected chi connectivity index (χ1v) is 5.99. The summed E-state index contributed by atoms with van der Waals surface area (Å²) in [7, 11) is 0. The number of nitrogens with zero attached hydrogens (tertiary/aromatic N) is 1. The van der Waals surface area contributed by atoms with Crippen LogP contribution in [0.5, 0.6) is 0 Å². The summed E-state index contributed by atoms with van der Waals surface area (Å²) in [6.45, 7) is 7.59. The molecule has 0 spiro atoms. The number of nitro benzene ring substituents is 1. The third kappa shape index (κ3) is 3.42. The van der Waals surface area contributed by atoms with Crippen LogP contribution >= 0.6 is 0 Å². The van der Waals surface area contributed by atoms with Crippen molar-refractivity contribution in [2.24, 2.45) is 0 Å². The molecule has 0 aromatic heterocycles. The number of benzene rings is 1. The van der Waals surface area contributed by atoms with Gasteiger partial charge in [0.1, 0.15) is 11.5 Å². The van der Waals surface area contributed by atoms with E-state index in [4.69, 9.17) is 0 Å². The molecule has 0 heterocycles. The van der Waals surface area contributed by atoms with E-state index in [1.165, 1.54) is 6.07 Å². The van der Waals surface area contributed by atoms with Gasteiger partial charge in [0.2, 0.25) is 0 Å². The van der Waals surface area contributed by atoms with Gasteiger partial charge in [-0.2, -0.15) is 0 Å². The molecule has 1 rings (SSSR count). The van der Waals surface area contributed by atoms with Crippen molar-refractivity contribution in [3.63, 3.8) is 0 Å². The van der Waals surface area contributed by atoms with Gasteiger partial charge in [-0.3, -0.25) is 10.1 Å². The molecular formula is C13H19FN2O2. The zero-order chi connectivity index (χ0) is 13.9. The maximum absolute atomic E-state index is 13.4. The molecule has 5 heteroatoms. The van der Waals surface area contributed by atoms with Crippen LogP contribution in [0.3, 0.4) is 0 Å². The Morgan fingerprint density at radius 1 is 1.44 bits per heavy atom. The number of halogens is 1. The Labute approximate surface area is 106 Å². The van der Waals surface area contributed by atoms with E-state index in [0.717, 1.165) is 18.9 Å². The summed E-state index contributed by atoms with van der Waals surface area (Å²) in [5, 5.41) is 14.1. The van der Waals surface area contributed by atoms with Gasteiger partial charge in [-0.05, 0) is 38.8 Å². The van der Waals surface area contributed by atoms with Crippen molar-refractivity contribution in [3.05, 3.63) is 33.6 Å². The summed E-state index contributed by atoms with van der Waals surface area (Å²) in [5.41, 5.74) is 0.291. The summed E-state index contributed by atoms with van der Waals surface area (Å²) in [6, 6.07) is 2.46. The quantitative estimate of drug-likeness (QED) is 0.637. The molecule has 0 saturated carbocycles. The molecule has 100 valence electrons.